The van der Waals surface area contributed by atoms with Crippen LogP contribution in [-0.2, 0) is 17.8 Å². The van der Waals surface area contributed by atoms with Gasteiger partial charge in [-0.1, -0.05) is 35.9 Å². The van der Waals surface area contributed by atoms with E-state index in [0.29, 0.717) is 12.1 Å². The van der Waals surface area contributed by atoms with E-state index < -0.39 is 0 Å². The maximum atomic E-state index is 12.2. The van der Waals surface area contributed by atoms with E-state index in [2.05, 4.69) is 32.4 Å². The maximum Gasteiger partial charge on any atom is 0.337 e. The number of hydrogen-bond donors (Lipinski definition) is 2. The number of carbonyl (C=O) groups excluding carboxylic acids is 2. The van der Waals surface area contributed by atoms with Gasteiger partial charge in [-0.2, -0.15) is 0 Å². The topological polar surface area (TPSA) is 70.7 Å². The Morgan fingerprint density at radius 1 is 1.03 bits per heavy atom. The average molecular weight is 416 g/mol. The van der Waals surface area contributed by atoms with Crippen molar-refractivity contribution in [3.8, 4) is 0 Å². The highest BCUT2D eigenvalue weighted by atomic mass is 35.5. The van der Waals surface area contributed by atoms with Crippen LogP contribution in [0.25, 0.3) is 0 Å². The van der Waals surface area contributed by atoms with Gasteiger partial charge in [-0.3, -0.25) is 4.90 Å². The van der Waals surface area contributed by atoms with Crippen LogP contribution in [-0.4, -0.2) is 43.1 Å². The Kier molecular flexibility index (Phi) is 7.49. The van der Waals surface area contributed by atoms with Crippen LogP contribution in [0.2, 0.25) is 5.02 Å². The molecule has 0 aromatic heterocycles. The summed E-state index contributed by atoms with van der Waals surface area (Å²) < 4.78 is 4.68. The van der Waals surface area contributed by atoms with Crippen LogP contribution in [0, 0.1) is 0 Å². The standard InChI is InChI=1S/C22H26ClN3O3/c1-29-21(27)18-6-2-16(3-7-18)14-24-22(28)25-20-10-12-26(13-11-20)15-17-4-8-19(23)9-5-17/h2-9,20H,10-15H2,1H3,(H2,24,25,28). The molecule has 0 saturated carbocycles. The molecule has 1 aliphatic heterocycles. The van der Waals surface area contributed by atoms with Crippen molar-refractivity contribution in [3.63, 3.8) is 0 Å². The minimum Gasteiger partial charge on any atom is -0.465 e. The van der Waals surface area contributed by atoms with Crippen molar-refractivity contribution in [2.75, 3.05) is 20.2 Å². The first-order valence-corrected chi connectivity index (χ1v) is 10.1. The first-order chi connectivity index (χ1) is 14.0. The van der Waals surface area contributed by atoms with Crippen molar-refractivity contribution in [1.82, 2.24) is 15.5 Å². The molecule has 0 unspecified atom stereocenters. The number of esters is 1. The predicted molar refractivity (Wildman–Crippen MR) is 113 cm³/mol. The summed E-state index contributed by atoms with van der Waals surface area (Å²) in [7, 11) is 1.35. The van der Waals surface area contributed by atoms with E-state index in [9.17, 15) is 9.59 Å². The predicted octanol–water partition coefficient (Wildman–Crippen LogP) is 3.59. The number of halogens is 1. The van der Waals surface area contributed by atoms with Crippen LogP contribution < -0.4 is 10.6 Å². The average Bonchev–Trinajstić information content (AvgIpc) is 2.75. The molecule has 2 N–H and O–H groups in total. The van der Waals surface area contributed by atoms with Gasteiger partial charge < -0.3 is 15.4 Å². The van der Waals surface area contributed by atoms with Crippen molar-refractivity contribution in [2.24, 2.45) is 0 Å². The van der Waals surface area contributed by atoms with Gasteiger partial charge >= 0.3 is 12.0 Å². The number of ether oxygens (including phenoxy) is 1. The van der Waals surface area contributed by atoms with Gasteiger partial charge in [0.25, 0.3) is 0 Å². The third-order valence-corrected chi connectivity index (χ3v) is 5.32. The van der Waals surface area contributed by atoms with Gasteiger partial charge in [0, 0.05) is 37.2 Å². The van der Waals surface area contributed by atoms with Gasteiger partial charge in [0.1, 0.15) is 0 Å². The van der Waals surface area contributed by atoms with Crippen LogP contribution in [0.4, 0.5) is 4.79 Å². The molecule has 2 amide bonds. The summed E-state index contributed by atoms with van der Waals surface area (Å²) in [5.74, 6) is -0.371. The molecule has 3 rings (SSSR count). The Balaban J connectivity index is 1.37. The van der Waals surface area contributed by atoms with Crippen molar-refractivity contribution < 1.29 is 14.3 Å². The molecule has 2 aromatic rings. The highest BCUT2D eigenvalue weighted by Gasteiger charge is 2.20. The second-order valence-corrected chi connectivity index (χ2v) is 7.63. The number of carbonyl (C=O) groups is 2. The summed E-state index contributed by atoms with van der Waals surface area (Å²) in [5, 5.41) is 6.68. The second-order valence-electron chi connectivity index (χ2n) is 7.19. The third kappa shape index (κ3) is 6.48. The highest BCUT2D eigenvalue weighted by molar-refractivity contribution is 6.30. The van der Waals surface area contributed by atoms with E-state index in [1.807, 2.05) is 24.3 Å². The van der Waals surface area contributed by atoms with E-state index in [-0.39, 0.29) is 18.0 Å². The van der Waals surface area contributed by atoms with E-state index in [4.69, 9.17) is 11.6 Å². The molecule has 154 valence electrons. The zero-order valence-corrected chi connectivity index (χ0v) is 17.2. The number of piperidine rings is 1. The minimum atomic E-state index is -0.371. The fourth-order valence-corrected chi connectivity index (χ4v) is 3.50. The molecule has 1 aliphatic rings. The number of likely N-dealkylation sites (tertiary alicyclic amines) is 1. The lowest BCUT2D eigenvalue weighted by Gasteiger charge is -2.32. The lowest BCUT2D eigenvalue weighted by atomic mass is 10.0. The molecule has 29 heavy (non-hydrogen) atoms. The largest absolute Gasteiger partial charge is 0.465 e. The lowest BCUT2D eigenvalue weighted by molar-refractivity contribution is 0.0600. The molecular formula is C22H26ClN3O3. The molecule has 0 spiro atoms. The van der Waals surface area contributed by atoms with Gasteiger partial charge in [0.15, 0.2) is 0 Å². The Labute approximate surface area is 176 Å². The maximum absolute atomic E-state index is 12.2. The molecule has 1 fully saturated rings. The van der Waals surface area contributed by atoms with Gasteiger partial charge in [-0.15, -0.1) is 0 Å². The van der Waals surface area contributed by atoms with E-state index >= 15 is 0 Å². The summed E-state index contributed by atoms with van der Waals surface area (Å²) in [6.07, 6.45) is 1.85. The van der Waals surface area contributed by atoms with E-state index in [1.54, 1.807) is 12.1 Å². The number of nitrogens with one attached hydrogen (secondary N) is 2. The van der Waals surface area contributed by atoms with Crippen LogP contribution in [0.5, 0.6) is 0 Å². The molecule has 0 aliphatic carbocycles. The minimum absolute atomic E-state index is 0.168. The zero-order valence-electron chi connectivity index (χ0n) is 16.5. The Morgan fingerprint density at radius 3 is 2.28 bits per heavy atom. The van der Waals surface area contributed by atoms with Gasteiger partial charge in [0.2, 0.25) is 0 Å². The quantitative estimate of drug-likeness (QED) is 0.707. The number of nitrogens with zero attached hydrogens (tertiary/aromatic N) is 1. The summed E-state index contributed by atoms with van der Waals surface area (Å²) >= 11 is 5.93. The number of methoxy groups -OCH3 is 1. The number of hydrogen-bond acceptors (Lipinski definition) is 4. The van der Waals surface area contributed by atoms with Crippen LogP contribution in [0.15, 0.2) is 48.5 Å². The molecule has 0 bridgehead atoms. The van der Waals surface area contributed by atoms with Gasteiger partial charge in [0.05, 0.1) is 12.7 Å². The molecular weight excluding hydrogens is 390 g/mol. The summed E-state index contributed by atoms with van der Waals surface area (Å²) in [4.78, 5) is 26.0. The summed E-state index contributed by atoms with van der Waals surface area (Å²) in [6, 6.07) is 14.9. The Morgan fingerprint density at radius 2 is 1.66 bits per heavy atom. The van der Waals surface area contributed by atoms with Crippen molar-refractivity contribution in [3.05, 3.63) is 70.2 Å². The van der Waals surface area contributed by atoms with Gasteiger partial charge in [-0.05, 0) is 48.2 Å². The van der Waals surface area contributed by atoms with Crippen molar-refractivity contribution >= 4 is 23.6 Å². The number of amides is 2. The van der Waals surface area contributed by atoms with Crippen LogP contribution in [0.3, 0.4) is 0 Å². The number of benzene rings is 2. The fraction of sp³-hybridized carbons (Fsp3) is 0.364. The third-order valence-electron chi connectivity index (χ3n) is 5.07. The highest BCUT2D eigenvalue weighted by Crippen LogP contribution is 2.16. The summed E-state index contributed by atoms with van der Waals surface area (Å²) in [5.41, 5.74) is 2.66. The molecule has 0 radical (unpaired) electrons. The van der Waals surface area contributed by atoms with E-state index in [0.717, 1.165) is 43.1 Å². The van der Waals surface area contributed by atoms with Crippen molar-refractivity contribution in [1.29, 1.82) is 0 Å². The normalized spacial score (nSPS) is 15.0. The zero-order chi connectivity index (χ0) is 20.6. The second kappa shape index (κ2) is 10.3. The van der Waals surface area contributed by atoms with Crippen LogP contribution in [0.1, 0.15) is 34.3 Å². The monoisotopic (exact) mass is 415 g/mol. The molecule has 0 atom stereocenters. The molecule has 1 heterocycles. The fourth-order valence-electron chi connectivity index (χ4n) is 3.38. The number of rotatable bonds is 6. The Hall–Kier alpha value is -2.57. The summed E-state index contributed by atoms with van der Waals surface area (Å²) in [6.45, 7) is 3.20. The molecule has 1 saturated heterocycles. The number of urea groups is 1. The first-order valence-electron chi connectivity index (χ1n) is 9.72. The van der Waals surface area contributed by atoms with E-state index in [1.165, 1.54) is 12.7 Å². The lowest BCUT2D eigenvalue weighted by Crippen LogP contribution is -2.47. The first kappa shape index (κ1) is 21.1. The van der Waals surface area contributed by atoms with Gasteiger partial charge in [-0.25, -0.2) is 9.59 Å². The Bertz CT molecular complexity index is 816. The molecule has 2 aromatic carbocycles. The van der Waals surface area contributed by atoms with Crippen molar-refractivity contribution in [2.45, 2.75) is 32.0 Å². The van der Waals surface area contributed by atoms with Crippen LogP contribution >= 0.6 is 11.6 Å². The SMILES string of the molecule is COC(=O)c1ccc(CNC(=O)NC2CCN(Cc3ccc(Cl)cc3)CC2)cc1. The molecule has 7 heteroatoms. The smallest absolute Gasteiger partial charge is 0.337 e. The molecule has 6 nitrogen and oxygen atoms in total.